The highest BCUT2D eigenvalue weighted by Gasteiger charge is 2.42. The zero-order chi connectivity index (χ0) is 21.5. The number of nitrogens with zero attached hydrogens (tertiary/aromatic N) is 2. The lowest BCUT2D eigenvalue weighted by Gasteiger charge is -2.13. The van der Waals surface area contributed by atoms with Crippen molar-refractivity contribution in [2.24, 2.45) is 0 Å². The van der Waals surface area contributed by atoms with E-state index >= 15 is 0 Å². The lowest BCUT2D eigenvalue weighted by atomic mass is 10.1. The molecule has 0 saturated carbocycles. The number of methoxy groups -OCH3 is 1. The van der Waals surface area contributed by atoms with Crippen LogP contribution >= 0.6 is 0 Å². The van der Waals surface area contributed by atoms with Crippen molar-refractivity contribution in [3.05, 3.63) is 77.6 Å². The van der Waals surface area contributed by atoms with Crippen molar-refractivity contribution >= 4 is 33.2 Å². The Morgan fingerprint density at radius 2 is 1.67 bits per heavy atom. The number of benzene rings is 2. The van der Waals surface area contributed by atoms with Gasteiger partial charge in [-0.1, -0.05) is 17.7 Å². The van der Waals surface area contributed by atoms with E-state index in [1.54, 1.807) is 24.3 Å². The SMILES string of the molecule is COc1ccc(NS(=O)(=O)c2ccc(C)cc2)c2c1C(=O)N(c1cccnc1)C2=O. The third-order valence-electron chi connectivity index (χ3n) is 4.70. The van der Waals surface area contributed by atoms with Crippen LogP contribution in [0.3, 0.4) is 0 Å². The van der Waals surface area contributed by atoms with Gasteiger partial charge in [0.25, 0.3) is 21.8 Å². The van der Waals surface area contributed by atoms with E-state index in [9.17, 15) is 18.0 Å². The number of carbonyl (C=O) groups is 2. The Hall–Kier alpha value is -3.72. The molecule has 4 rings (SSSR count). The van der Waals surface area contributed by atoms with E-state index in [0.717, 1.165) is 10.5 Å². The van der Waals surface area contributed by atoms with Crippen LogP contribution in [0.2, 0.25) is 0 Å². The molecule has 2 heterocycles. The molecule has 0 atom stereocenters. The van der Waals surface area contributed by atoms with E-state index < -0.39 is 21.8 Å². The molecule has 0 fully saturated rings. The predicted octanol–water partition coefficient (Wildman–Crippen LogP) is 3.00. The zero-order valence-electron chi connectivity index (χ0n) is 16.1. The molecule has 1 aromatic heterocycles. The van der Waals surface area contributed by atoms with Crippen LogP contribution in [0.5, 0.6) is 5.75 Å². The van der Waals surface area contributed by atoms with E-state index in [4.69, 9.17) is 4.74 Å². The second-order valence-corrected chi connectivity index (χ2v) is 8.32. The summed E-state index contributed by atoms with van der Waals surface area (Å²) in [5.41, 5.74) is 1.11. The zero-order valence-corrected chi connectivity index (χ0v) is 16.9. The summed E-state index contributed by atoms with van der Waals surface area (Å²) < 4.78 is 33.4. The molecule has 152 valence electrons. The number of aryl methyl sites for hydroxylation is 1. The topological polar surface area (TPSA) is 106 Å². The maximum Gasteiger partial charge on any atom is 0.270 e. The molecule has 2 aromatic carbocycles. The van der Waals surface area contributed by atoms with Crippen LogP contribution < -0.4 is 14.4 Å². The van der Waals surface area contributed by atoms with Gasteiger partial charge in [-0.05, 0) is 43.3 Å². The second-order valence-electron chi connectivity index (χ2n) is 6.64. The molecule has 1 N–H and O–H groups in total. The number of aromatic nitrogens is 1. The van der Waals surface area contributed by atoms with E-state index in [1.807, 2.05) is 6.92 Å². The molecular weight excluding hydrogens is 406 g/mol. The Labute approximate surface area is 173 Å². The van der Waals surface area contributed by atoms with Crippen LogP contribution in [-0.4, -0.2) is 32.3 Å². The molecule has 0 spiro atoms. The standard InChI is InChI=1S/C21H17N3O5S/c1-13-5-7-15(8-6-13)30(27,28)23-16-9-10-17(29-2)19-18(16)20(25)24(21(19)26)14-4-3-11-22-12-14/h3-12,23H,1-2H3. The summed E-state index contributed by atoms with van der Waals surface area (Å²) >= 11 is 0. The van der Waals surface area contributed by atoms with E-state index in [-0.39, 0.29) is 33.1 Å². The summed E-state index contributed by atoms with van der Waals surface area (Å²) in [5, 5.41) is 0. The van der Waals surface area contributed by atoms with Gasteiger partial charge in [0.2, 0.25) is 0 Å². The van der Waals surface area contributed by atoms with Gasteiger partial charge in [-0.3, -0.25) is 19.3 Å². The molecule has 0 bridgehead atoms. The maximum absolute atomic E-state index is 13.2. The van der Waals surface area contributed by atoms with Crippen molar-refractivity contribution in [3.63, 3.8) is 0 Å². The van der Waals surface area contributed by atoms with Gasteiger partial charge in [0.05, 0.1) is 40.7 Å². The summed E-state index contributed by atoms with van der Waals surface area (Å²) in [4.78, 5) is 31.1. The van der Waals surface area contributed by atoms with E-state index in [1.165, 1.54) is 43.8 Å². The van der Waals surface area contributed by atoms with Crippen LogP contribution in [0.25, 0.3) is 0 Å². The van der Waals surface area contributed by atoms with Crippen molar-refractivity contribution in [1.82, 2.24) is 4.98 Å². The monoisotopic (exact) mass is 423 g/mol. The average molecular weight is 423 g/mol. The maximum atomic E-state index is 13.2. The molecule has 9 heteroatoms. The molecule has 0 unspecified atom stereocenters. The van der Waals surface area contributed by atoms with Crippen LogP contribution in [0, 0.1) is 6.92 Å². The molecule has 8 nitrogen and oxygen atoms in total. The first kappa shape index (κ1) is 19.6. The van der Waals surface area contributed by atoms with Crippen molar-refractivity contribution in [2.45, 2.75) is 11.8 Å². The van der Waals surface area contributed by atoms with Crippen LogP contribution in [-0.2, 0) is 10.0 Å². The van der Waals surface area contributed by atoms with Crippen molar-refractivity contribution in [1.29, 1.82) is 0 Å². The Bertz CT molecular complexity index is 1260. The third-order valence-corrected chi connectivity index (χ3v) is 6.08. The summed E-state index contributed by atoms with van der Waals surface area (Å²) in [6.07, 6.45) is 2.90. The number of fused-ring (bicyclic) bond motifs is 1. The first-order chi connectivity index (χ1) is 14.3. The minimum Gasteiger partial charge on any atom is -0.496 e. The first-order valence-corrected chi connectivity index (χ1v) is 10.4. The Morgan fingerprint density at radius 1 is 0.967 bits per heavy atom. The smallest absolute Gasteiger partial charge is 0.270 e. The lowest BCUT2D eigenvalue weighted by Crippen LogP contribution is -2.29. The van der Waals surface area contributed by atoms with Gasteiger partial charge in [0, 0.05) is 6.20 Å². The van der Waals surface area contributed by atoms with Gasteiger partial charge in [0.1, 0.15) is 5.75 Å². The number of amides is 2. The molecule has 1 aliphatic heterocycles. The van der Waals surface area contributed by atoms with Crippen LogP contribution in [0.1, 0.15) is 26.3 Å². The summed E-state index contributed by atoms with van der Waals surface area (Å²) in [7, 11) is -2.61. The van der Waals surface area contributed by atoms with E-state index in [0.29, 0.717) is 0 Å². The Morgan fingerprint density at radius 3 is 2.30 bits per heavy atom. The van der Waals surface area contributed by atoms with Gasteiger partial charge in [-0.2, -0.15) is 0 Å². The van der Waals surface area contributed by atoms with Gasteiger partial charge >= 0.3 is 0 Å². The molecular formula is C21H17N3O5S. The number of nitrogens with one attached hydrogen (secondary N) is 1. The third kappa shape index (κ3) is 3.18. The minimum absolute atomic E-state index is 0.00360. The molecule has 0 saturated heterocycles. The highest BCUT2D eigenvalue weighted by atomic mass is 32.2. The minimum atomic E-state index is -3.98. The molecule has 2 amide bonds. The van der Waals surface area contributed by atoms with Gasteiger partial charge in [-0.15, -0.1) is 0 Å². The van der Waals surface area contributed by atoms with Gasteiger partial charge in [-0.25, -0.2) is 13.3 Å². The van der Waals surface area contributed by atoms with Crippen molar-refractivity contribution in [2.75, 3.05) is 16.7 Å². The predicted molar refractivity (Wildman–Crippen MR) is 110 cm³/mol. The highest BCUT2D eigenvalue weighted by molar-refractivity contribution is 7.92. The molecule has 0 radical (unpaired) electrons. The number of hydrogen-bond acceptors (Lipinski definition) is 6. The van der Waals surface area contributed by atoms with Crippen LogP contribution in [0.4, 0.5) is 11.4 Å². The number of imide groups is 1. The Balaban J connectivity index is 1.81. The Kier molecular flexibility index (Phi) is 4.75. The van der Waals surface area contributed by atoms with Crippen LogP contribution in [0.15, 0.2) is 65.8 Å². The fourth-order valence-corrected chi connectivity index (χ4v) is 4.30. The highest BCUT2D eigenvalue weighted by Crippen LogP contribution is 2.38. The molecule has 30 heavy (non-hydrogen) atoms. The number of hydrogen-bond donors (Lipinski definition) is 1. The summed E-state index contributed by atoms with van der Waals surface area (Å²) in [5.74, 6) is -1.10. The molecule has 3 aromatic rings. The largest absolute Gasteiger partial charge is 0.496 e. The fraction of sp³-hybridized carbons (Fsp3) is 0.0952. The normalized spacial score (nSPS) is 13.3. The number of sulfonamides is 1. The molecule has 0 aliphatic carbocycles. The summed E-state index contributed by atoms with van der Waals surface area (Å²) in [6.45, 7) is 1.84. The van der Waals surface area contributed by atoms with Gasteiger partial charge in [0.15, 0.2) is 0 Å². The number of anilines is 2. The van der Waals surface area contributed by atoms with Crippen molar-refractivity contribution < 1.29 is 22.7 Å². The number of ether oxygens (including phenoxy) is 1. The number of pyridine rings is 1. The summed E-state index contributed by atoms with van der Waals surface area (Å²) in [6, 6.07) is 12.3. The first-order valence-electron chi connectivity index (χ1n) is 8.93. The quantitative estimate of drug-likeness (QED) is 0.633. The van der Waals surface area contributed by atoms with Gasteiger partial charge < -0.3 is 4.74 Å². The number of carbonyl (C=O) groups excluding carboxylic acids is 2. The molecule has 1 aliphatic rings. The van der Waals surface area contributed by atoms with Crippen molar-refractivity contribution in [3.8, 4) is 5.75 Å². The second kappa shape index (κ2) is 7.27. The average Bonchev–Trinajstić information content (AvgIpc) is 3.00. The number of rotatable bonds is 5. The lowest BCUT2D eigenvalue weighted by molar-refractivity contribution is 0.0925. The van der Waals surface area contributed by atoms with E-state index in [2.05, 4.69) is 9.71 Å². The fourth-order valence-electron chi connectivity index (χ4n) is 3.23.